The molecule has 0 saturated carbocycles. The summed E-state index contributed by atoms with van der Waals surface area (Å²) in [6.45, 7) is 4.14. The highest BCUT2D eigenvalue weighted by molar-refractivity contribution is 5.27. The summed E-state index contributed by atoms with van der Waals surface area (Å²) in [7, 11) is 0. The summed E-state index contributed by atoms with van der Waals surface area (Å²) in [6, 6.07) is 8.18. The van der Waals surface area contributed by atoms with E-state index in [2.05, 4.69) is 5.10 Å². The molecule has 0 aliphatic heterocycles. The van der Waals surface area contributed by atoms with Crippen LogP contribution in [0.5, 0.6) is 5.75 Å². The summed E-state index contributed by atoms with van der Waals surface area (Å²) in [5.41, 5.74) is -0.0183. The van der Waals surface area contributed by atoms with Gasteiger partial charge in [0.05, 0.1) is 12.6 Å². The lowest BCUT2D eigenvalue weighted by Crippen LogP contribution is -2.08. The maximum Gasteiger partial charge on any atom is 0.435 e. The predicted molar refractivity (Wildman–Crippen MR) is 68.5 cm³/mol. The first-order chi connectivity index (χ1) is 9.34. The van der Waals surface area contributed by atoms with Crippen molar-refractivity contribution in [3.63, 3.8) is 0 Å². The Hall–Kier alpha value is -1.98. The normalized spacial score (nSPS) is 11.9. The van der Waals surface area contributed by atoms with E-state index in [0.717, 1.165) is 17.4 Å². The maximum atomic E-state index is 12.4. The molecule has 0 spiro atoms. The molecule has 1 aromatic carbocycles. The van der Waals surface area contributed by atoms with Gasteiger partial charge in [-0.1, -0.05) is 12.1 Å². The first-order valence-electron chi connectivity index (χ1n) is 6.21. The molecule has 0 N–H and O–H groups in total. The van der Waals surface area contributed by atoms with E-state index in [-0.39, 0.29) is 12.6 Å². The highest BCUT2D eigenvalue weighted by Crippen LogP contribution is 2.27. The third kappa shape index (κ3) is 3.76. The van der Waals surface area contributed by atoms with Crippen molar-refractivity contribution < 1.29 is 17.9 Å². The van der Waals surface area contributed by atoms with Crippen molar-refractivity contribution in [2.45, 2.75) is 32.7 Å². The smallest absolute Gasteiger partial charge is 0.435 e. The second kappa shape index (κ2) is 5.56. The highest BCUT2D eigenvalue weighted by Gasteiger charge is 2.33. The number of hydrogen-bond acceptors (Lipinski definition) is 2. The van der Waals surface area contributed by atoms with Gasteiger partial charge in [0.25, 0.3) is 0 Å². The van der Waals surface area contributed by atoms with Crippen LogP contribution in [0.4, 0.5) is 13.2 Å². The first kappa shape index (κ1) is 14.4. The van der Waals surface area contributed by atoms with E-state index >= 15 is 0 Å². The zero-order valence-electron chi connectivity index (χ0n) is 11.2. The Balaban J connectivity index is 2.05. The summed E-state index contributed by atoms with van der Waals surface area (Å²) < 4.78 is 44.0. The zero-order valence-corrected chi connectivity index (χ0v) is 11.2. The molecule has 0 unspecified atom stereocenters. The van der Waals surface area contributed by atoms with Gasteiger partial charge in [-0.3, -0.25) is 4.68 Å². The van der Waals surface area contributed by atoms with Gasteiger partial charge in [-0.25, -0.2) is 0 Å². The lowest BCUT2D eigenvalue weighted by atomic mass is 10.2. The largest absolute Gasteiger partial charge is 0.491 e. The summed E-state index contributed by atoms with van der Waals surface area (Å²) in [6.07, 6.45) is -3.00. The minimum atomic E-state index is -4.40. The molecule has 2 rings (SSSR count). The number of nitrogens with zero attached hydrogens (tertiary/aromatic N) is 2. The van der Waals surface area contributed by atoms with Gasteiger partial charge in [-0.2, -0.15) is 18.3 Å². The van der Waals surface area contributed by atoms with Gasteiger partial charge in [0.1, 0.15) is 5.75 Å². The second-order valence-corrected chi connectivity index (χ2v) is 4.71. The molecule has 0 atom stereocenters. The molecule has 0 aliphatic carbocycles. The van der Waals surface area contributed by atoms with Crippen LogP contribution in [0.2, 0.25) is 0 Å². The third-order valence-electron chi connectivity index (χ3n) is 2.57. The van der Waals surface area contributed by atoms with E-state index in [1.54, 1.807) is 12.1 Å². The van der Waals surface area contributed by atoms with E-state index in [4.69, 9.17) is 4.74 Å². The summed E-state index contributed by atoms with van der Waals surface area (Å²) >= 11 is 0. The monoisotopic (exact) mass is 284 g/mol. The molecule has 2 aromatic rings. The van der Waals surface area contributed by atoms with Crippen LogP contribution in [0.15, 0.2) is 36.5 Å². The number of alkyl halides is 3. The second-order valence-electron chi connectivity index (χ2n) is 4.71. The molecule has 0 fully saturated rings. The minimum absolute atomic E-state index is 0.0845. The Morgan fingerprint density at radius 3 is 2.30 bits per heavy atom. The van der Waals surface area contributed by atoms with Crippen LogP contribution in [-0.4, -0.2) is 15.9 Å². The summed E-state index contributed by atoms with van der Waals surface area (Å²) in [5.74, 6) is 0.736. The molecular formula is C14H15F3N2O. The van der Waals surface area contributed by atoms with Crippen LogP contribution in [0.25, 0.3) is 0 Å². The highest BCUT2D eigenvalue weighted by atomic mass is 19.4. The minimum Gasteiger partial charge on any atom is -0.491 e. The fourth-order valence-electron chi connectivity index (χ4n) is 1.73. The number of ether oxygens (including phenoxy) is 1. The van der Waals surface area contributed by atoms with Gasteiger partial charge in [0.2, 0.25) is 0 Å². The number of hydrogen-bond donors (Lipinski definition) is 0. The SMILES string of the molecule is CC(C)Oc1ccc(Cn2ccc(C(F)(F)F)n2)cc1. The van der Waals surface area contributed by atoms with Crippen LogP contribution in [0.3, 0.4) is 0 Å². The predicted octanol–water partition coefficient (Wildman–Crippen LogP) is 3.74. The zero-order chi connectivity index (χ0) is 14.8. The Labute approximate surface area is 115 Å². The van der Waals surface area contributed by atoms with Gasteiger partial charge >= 0.3 is 6.18 Å². The number of aromatic nitrogens is 2. The Bertz CT molecular complexity index is 559. The molecule has 0 amide bonds. The van der Waals surface area contributed by atoms with Gasteiger partial charge in [0.15, 0.2) is 5.69 Å². The quantitative estimate of drug-likeness (QED) is 0.855. The molecule has 0 saturated heterocycles. The van der Waals surface area contributed by atoms with Crippen molar-refractivity contribution in [1.82, 2.24) is 9.78 Å². The third-order valence-corrected chi connectivity index (χ3v) is 2.57. The van der Waals surface area contributed by atoms with Crippen LogP contribution in [0, 0.1) is 0 Å². The molecule has 20 heavy (non-hydrogen) atoms. The Morgan fingerprint density at radius 1 is 1.15 bits per heavy atom. The number of benzene rings is 1. The fraction of sp³-hybridized carbons (Fsp3) is 0.357. The molecule has 1 heterocycles. The molecule has 0 aliphatic rings. The van der Waals surface area contributed by atoms with Crippen molar-refractivity contribution in [1.29, 1.82) is 0 Å². The summed E-state index contributed by atoms with van der Waals surface area (Å²) in [5, 5.41) is 3.51. The van der Waals surface area contributed by atoms with Crippen molar-refractivity contribution in [2.24, 2.45) is 0 Å². The standard InChI is InChI=1S/C14H15F3N2O/c1-10(2)20-12-5-3-11(4-6-12)9-19-8-7-13(18-19)14(15,16)17/h3-8,10H,9H2,1-2H3. The van der Waals surface area contributed by atoms with Crippen LogP contribution in [-0.2, 0) is 12.7 Å². The lowest BCUT2D eigenvalue weighted by Gasteiger charge is -2.10. The molecule has 3 nitrogen and oxygen atoms in total. The van der Waals surface area contributed by atoms with Gasteiger partial charge in [0, 0.05) is 6.20 Å². The molecule has 108 valence electrons. The van der Waals surface area contributed by atoms with Gasteiger partial charge < -0.3 is 4.74 Å². The molecular weight excluding hydrogens is 269 g/mol. The average molecular weight is 284 g/mol. The molecule has 1 aromatic heterocycles. The van der Waals surface area contributed by atoms with Crippen LogP contribution in [0.1, 0.15) is 25.1 Å². The molecule has 0 radical (unpaired) electrons. The van der Waals surface area contributed by atoms with E-state index < -0.39 is 11.9 Å². The van der Waals surface area contributed by atoms with E-state index in [1.165, 1.54) is 10.9 Å². The molecule has 6 heteroatoms. The average Bonchev–Trinajstić information content (AvgIpc) is 2.79. The van der Waals surface area contributed by atoms with Crippen LogP contribution >= 0.6 is 0 Å². The number of rotatable bonds is 4. The summed E-state index contributed by atoms with van der Waals surface area (Å²) in [4.78, 5) is 0. The van der Waals surface area contributed by atoms with E-state index in [9.17, 15) is 13.2 Å². The van der Waals surface area contributed by atoms with Crippen molar-refractivity contribution in [2.75, 3.05) is 0 Å². The van der Waals surface area contributed by atoms with E-state index in [0.29, 0.717) is 0 Å². The number of halogens is 3. The topological polar surface area (TPSA) is 27.1 Å². The molecule has 0 bridgehead atoms. The van der Waals surface area contributed by atoms with E-state index in [1.807, 2.05) is 26.0 Å². The maximum absolute atomic E-state index is 12.4. The van der Waals surface area contributed by atoms with Crippen LogP contribution < -0.4 is 4.74 Å². The van der Waals surface area contributed by atoms with Crippen molar-refractivity contribution in [3.8, 4) is 5.75 Å². The van der Waals surface area contributed by atoms with Gasteiger partial charge in [-0.15, -0.1) is 0 Å². The van der Waals surface area contributed by atoms with Crippen molar-refractivity contribution in [3.05, 3.63) is 47.8 Å². The van der Waals surface area contributed by atoms with Crippen molar-refractivity contribution >= 4 is 0 Å². The Kier molecular flexibility index (Phi) is 4.01. The Morgan fingerprint density at radius 2 is 1.80 bits per heavy atom. The van der Waals surface area contributed by atoms with Gasteiger partial charge in [-0.05, 0) is 37.6 Å². The fourth-order valence-corrected chi connectivity index (χ4v) is 1.73. The lowest BCUT2D eigenvalue weighted by molar-refractivity contribution is -0.141. The first-order valence-corrected chi connectivity index (χ1v) is 6.21.